The van der Waals surface area contributed by atoms with Crippen molar-refractivity contribution in [3.63, 3.8) is 0 Å². The fourth-order valence-corrected chi connectivity index (χ4v) is 0.841. The number of para-hydroxylation sites is 2. The normalized spacial score (nSPS) is 8.00. The van der Waals surface area contributed by atoms with Crippen LogP contribution in [0.4, 0.5) is 0 Å². The summed E-state index contributed by atoms with van der Waals surface area (Å²) < 4.78 is 0. The number of hydrogen-bond acceptors (Lipinski definition) is 2. The molecule has 0 unspecified atom stereocenters. The Kier molecular flexibility index (Phi) is 7.71. The molecule has 0 aliphatic rings. The second kappa shape index (κ2) is 8.29. The predicted molar refractivity (Wildman–Crippen MR) is 60.3 cm³/mol. The van der Waals surface area contributed by atoms with E-state index in [1.165, 1.54) is 24.3 Å². The van der Waals surface area contributed by atoms with Crippen LogP contribution in [0.25, 0.3) is 0 Å². The Labute approximate surface area is 109 Å². The van der Waals surface area contributed by atoms with Crippen LogP contribution in [0.5, 0.6) is 11.5 Å². The Morgan fingerprint density at radius 1 is 0.533 bits per heavy atom. The van der Waals surface area contributed by atoms with Gasteiger partial charge in [0.05, 0.1) is 0 Å². The van der Waals surface area contributed by atoms with Crippen molar-refractivity contribution in [2.75, 3.05) is 0 Å². The summed E-state index contributed by atoms with van der Waals surface area (Å²) in [4.78, 5) is 0. The fourth-order valence-electron chi connectivity index (χ4n) is 0.841. The van der Waals surface area contributed by atoms with Crippen molar-refractivity contribution in [1.82, 2.24) is 0 Å². The molecule has 0 N–H and O–H groups in total. The standard InChI is InChI=1S/2C6H6O.Pb.2H/c2*7-6-4-2-1-3-5-6;;;/h2*1-5,7H;;;/q;;+2;;/p-2. The number of benzene rings is 2. The van der Waals surface area contributed by atoms with Crippen LogP contribution in [-0.2, 0) is 0 Å². The molecule has 76 valence electrons. The molecule has 0 atom stereocenters. The third kappa shape index (κ3) is 6.96. The van der Waals surface area contributed by atoms with E-state index in [0.29, 0.717) is 0 Å². The third-order valence-electron chi connectivity index (χ3n) is 1.49. The molecule has 0 saturated carbocycles. The van der Waals surface area contributed by atoms with Crippen molar-refractivity contribution in [3.05, 3.63) is 60.7 Å². The van der Waals surface area contributed by atoms with Crippen LogP contribution in [0.15, 0.2) is 60.7 Å². The van der Waals surface area contributed by atoms with Gasteiger partial charge in [-0.3, -0.25) is 0 Å². The van der Waals surface area contributed by atoms with Crippen LogP contribution in [0.2, 0.25) is 0 Å². The first-order valence-electron chi connectivity index (χ1n) is 4.23. The Bertz CT molecular complexity index is 311. The summed E-state index contributed by atoms with van der Waals surface area (Å²) in [6.45, 7) is 0. The van der Waals surface area contributed by atoms with Gasteiger partial charge in [0.15, 0.2) is 0 Å². The molecule has 0 aliphatic heterocycles. The van der Waals surface area contributed by atoms with E-state index in [-0.39, 0.29) is 38.8 Å². The van der Waals surface area contributed by atoms with Crippen molar-refractivity contribution in [3.8, 4) is 11.5 Å². The molecule has 0 aliphatic carbocycles. The first-order valence-corrected chi connectivity index (χ1v) is 4.23. The zero-order chi connectivity index (χ0) is 10.2. The summed E-state index contributed by atoms with van der Waals surface area (Å²) in [6, 6.07) is 16.7. The van der Waals surface area contributed by atoms with Gasteiger partial charge in [-0.2, -0.15) is 0 Å². The van der Waals surface area contributed by atoms with Crippen molar-refractivity contribution >= 4 is 27.3 Å². The first-order chi connectivity index (χ1) is 6.79. The molecule has 3 heteroatoms. The first kappa shape index (κ1) is 14.0. The van der Waals surface area contributed by atoms with E-state index in [9.17, 15) is 10.2 Å². The van der Waals surface area contributed by atoms with Crippen LogP contribution >= 0.6 is 0 Å². The second-order valence-electron chi connectivity index (χ2n) is 2.63. The van der Waals surface area contributed by atoms with Crippen molar-refractivity contribution in [2.45, 2.75) is 0 Å². The van der Waals surface area contributed by atoms with Gasteiger partial charge < -0.3 is 10.2 Å². The zero-order valence-corrected chi connectivity index (χ0v) is 13.8. The quantitative estimate of drug-likeness (QED) is 0.614. The minimum absolute atomic E-state index is 0. The Morgan fingerprint density at radius 3 is 0.933 bits per heavy atom. The molecule has 2 aromatic carbocycles. The molecule has 0 heterocycles. The van der Waals surface area contributed by atoms with Gasteiger partial charge >= 0.3 is 27.3 Å². The van der Waals surface area contributed by atoms with Gasteiger partial charge in [-0.25, -0.2) is 0 Å². The Balaban J connectivity index is 0.000000245. The monoisotopic (exact) mass is 396 g/mol. The summed E-state index contributed by atoms with van der Waals surface area (Å²) in [5.41, 5.74) is 0. The molecular weight excluding hydrogens is 383 g/mol. The summed E-state index contributed by atoms with van der Waals surface area (Å²) in [5, 5.41) is 20.5. The molecule has 0 saturated heterocycles. The zero-order valence-electron chi connectivity index (χ0n) is 8.30. The van der Waals surface area contributed by atoms with E-state index in [0.717, 1.165) is 0 Å². The van der Waals surface area contributed by atoms with Gasteiger partial charge in [-0.15, -0.1) is 11.5 Å². The summed E-state index contributed by atoms with van der Waals surface area (Å²) >= 11 is 0. The maximum atomic E-state index is 10.3. The van der Waals surface area contributed by atoms with Crippen molar-refractivity contribution < 1.29 is 10.2 Å². The predicted octanol–water partition coefficient (Wildman–Crippen LogP) is 0.604. The fraction of sp³-hybridized carbons (Fsp3) is 0. The van der Waals surface area contributed by atoms with Crippen LogP contribution in [-0.4, -0.2) is 27.3 Å². The molecule has 0 aromatic heterocycles. The SMILES string of the molecule is [O-]c1ccccc1.[O-]c1ccccc1.[PbH2+2]. The molecule has 0 amide bonds. The molecule has 2 aromatic rings. The van der Waals surface area contributed by atoms with Crippen LogP contribution < -0.4 is 10.2 Å². The number of hydrogen-bond donors (Lipinski definition) is 0. The molecule has 0 spiro atoms. The average Bonchev–Trinajstić information content (AvgIpc) is 2.21. The van der Waals surface area contributed by atoms with Gasteiger partial charge in [0.2, 0.25) is 0 Å². The summed E-state index contributed by atoms with van der Waals surface area (Å²) in [6.07, 6.45) is 0. The van der Waals surface area contributed by atoms with E-state index < -0.39 is 0 Å². The molecule has 2 rings (SSSR count). The molecular formula is C12H12O2Pb. The number of rotatable bonds is 0. The Hall–Kier alpha value is -1.04. The summed E-state index contributed by atoms with van der Waals surface area (Å²) in [5.74, 6) is 0.144. The molecule has 0 fully saturated rings. The molecule has 0 radical (unpaired) electrons. The van der Waals surface area contributed by atoms with E-state index in [4.69, 9.17) is 0 Å². The second-order valence-corrected chi connectivity index (χ2v) is 2.63. The van der Waals surface area contributed by atoms with Crippen molar-refractivity contribution in [1.29, 1.82) is 0 Å². The molecule has 2 nitrogen and oxygen atoms in total. The van der Waals surface area contributed by atoms with Gasteiger partial charge in [0.25, 0.3) is 0 Å². The average molecular weight is 395 g/mol. The topological polar surface area (TPSA) is 46.1 Å². The summed E-state index contributed by atoms with van der Waals surface area (Å²) in [7, 11) is 0. The maximum absolute atomic E-state index is 10.3. The van der Waals surface area contributed by atoms with E-state index in [1.807, 2.05) is 12.1 Å². The molecule has 15 heavy (non-hydrogen) atoms. The van der Waals surface area contributed by atoms with Gasteiger partial charge in [0.1, 0.15) is 0 Å². The van der Waals surface area contributed by atoms with E-state index in [1.54, 1.807) is 24.3 Å². The van der Waals surface area contributed by atoms with E-state index in [2.05, 4.69) is 0 Å². The van der Waals surface area contributed by atoms with Gasteiger partial charge in [0, 0.05) is 0 Å². The van der Waals surface area contributed by atoms with Crippen molar-refractivity contribution in [2.24, 2.45) is 0 Å². The molecule has 0 bridgehead atoms. The minimum atomic E-state index is 0. The third-order valence-corrected chi connectivity index (χ3v) is 1.49. The van der Waals surface area contributed by atoms with Crippen LogP contribution in [0.3, 0.4) is 0 Å². The van der Waals surface area contributed by atoms with Crippen LogP contribution in [0, 0.1) is 0 Å². The van der Waals surface area contributed by atoms with Gasteiger partial charge in [-0.05, 0) is 0 Å². The Morgan fingerprint density at radius 2 is 0.800 bits per heavy atom. The van der Waals surface area contributed by atoms with Gasteiger partial charge in [-0.1, -0.05) is 60.7 Å². The van der Waals surface area contributed by atoms with Crippen LogP contribution in [0.1, 0.15) is 0 Å². The van der Waals surface area contributed by atoms with E-state index >= 15 is 0 Å².